The minimum absolute atomic E-state index is 0.195. The zero-order valence-electron chi connectivity index (χ0n) is 17.8. The van der Waals surface area contributed by atoms with Gasteiger partial charge >= 0.3 is 0 Å². The van der Waals surface area contributed by atoms with E-state index in [0.29, 0.717) is 31.1 Å². The fourth-order valence-corrected chi connectivity index (χ4v) is 3.25. The number of nitrogens with one attached hydrogen (secondary N) is 3. The van der Waals surface area contributed by atoms with Crippen molar-refractivity contribution in [2.45, 2.75) is 6.92 Å². The van der Waals surface area contributed by atoms with Gasteiger partial charge in [-0.1, -0.05) is 18.2 Å². The number of ether oxygens (including phenoxy) is 1. The van der Waals surface area contributed by atoms with Crippen molar-refractivity contribution in [1.82, 2.24) is 15.3 Å². The summed E-state index contributed by atoms with van der Waals surface area (Å²) in [6.45, 7) is 3.56. The van der Waals surface area contributed by atoms with Crippen molar-refractivity contribution in [3.8, 4) is 5.75 Å². The SMILES string of the molecule is CCOc1ccc(Nc2ncccc2C(=O)NCCNc2ccc3ccccc3n2)cc1. The van der Waals surface area contributed by atoms with Gasteiger partial charge in [0.05, 0.1) is 17.7 Å². The third kappa shape index (κ3) is 5.31. The summed E-state index contributed by atoms with van der Waals surface area (Å²) in [5, 5.41) is 10.5. The van der Waals surface area contributed by atoms with Crippen molar-refractivity contribution in [3.63, 3.8) is 0 Å². The molecular formula is C25H25N5O2. The van der Waals surface area contributed by atoms with Crippen molar-refractivity contribution < 1.29 is 9.53 Å². The maximum Gasteiger partial charge on any atom is 0.255 e. The molecule has 4 aromatic rings. The third-order valence-corrected chi connectivity index (χ3v) is 4.80. The van der Waals surface area contributed by atoms with Gasteiger partial charge in [-0.05, 0) is 61.5 Å². The number of pyridine rings is 2. The highest BCUT2D eigenvalue weighted by atomic mass is 16.5. The van der Waals surface area contributed by atoms with E-state index in [1.54, 1.807) is 18.3 Å². The quantitative estimate of drug-likeness (QED) is 0.338. The van der Waals surface area contributed by atoms with Crippen LogP contribution in [-0.2, 0) is 0 Å². The molecule has 0 aliphatic heterocycles. The molecule has 0 aliphatic carbocycles. The fourth-order valence-electron chi connectivity index (χ4n) is 3.25. The molecule has 0 unspecified atom stereocenters. The highest BCUT2D eigenvalue weighted by Crippen LogP contribution is 2.21. The van der Waals surface area contributed by atoms with Crippen molar-refractivity contribution in [3.05, 3.63) is 84.6 Å². The van der Waals surface area contributed by atoms with E-state index in [1.165, 1.54) is 0 Å². The molecule has 162 valence electrons. The number of benzene rings is 2. The van der Waals surface area contributed by atoms with E-state index in [1.807, 2.05) is 67.6 Å². The summed E-state index contributed by atoms with van der Waals surface area (Å²) >= 11 is 0. The summed E-state index contributed by atoms with van der Waals surface area (Å²) in [7, 11) is 0. The second-order valence-corrected chi connectivity index (χ2v) is 7.05. The number of rotatable bonds is 9. The maximum atomic E-state index is 12.7. The van der Waals surface area contributed by atoms with Crippen molar-refractivity contribution in [1.29, 1.82) is 0 Å². The van der Waals surface area contributed by atoms with Crippen LogP contribution >= 0.6 is 0 Å². The Balaban J connectivity index is 1.33. The largest absolute Gasteiger partial charge is 0.494 e. The van der Waals surface area contributed by atoms with E-state index in [2.05, 4.69) is 25.9 Å². The lowest BCUT2D eigenvalue weighted by molar-refractivity contribution is 0.0955. The predicted molar refractivity (Wildman–Crippen MR) is 128 cm³/mol. The lowest BCUT2D eigenvalue weighted by atomic mass is 10.2. The Labute approximate surface area is 186 Å². The van der Waals surface area contributed by atoms with Crippen LogP contribution in [0.15, 0.2) is 79.0 Å². The van der Waals surface area contributed by atoms with Crippen LogP contribution in [0.1, 0.15) is 17.3 Å². The predicted octanol–water partition coefficient (Wildman–Crippen LogP) is 4.61. The Kier molecular flexibility index (Phi) is 6.77. The first-order chi connectivity index (χ1) is 15.7. The molecule has 2 aromatic heterocycles. The van der Waals surface area contributed by atoms with Gasteiger partial charge in [0.2, 0.25) is 0 Å². The van der Waals surface area contributed by atoms with E-state index in [-0.39, 0.29) is 5.91 Å². The first-order valence-corrected chi connectivity index (χ1v) is 10.6. The summed E-state index contributed by atoms with van der Waals surface area (Å²) < 4.78 is 5.46. The molecule has 7 heteroatoms. The lowest BCUT2D eigenvalue weighted by Gasteiger charge is -2.12. The lowest BCUT2D eigenvalue weighted by Crippen LogP contribution is -2.29. The van der Waals surface area contributed by atoms with E-state index < -0.39 is 0 Å². The summed E-state index contributed by atoms with van der Waals surface area (Å²) in [6.07, 6.45) is 1.65. The van der Waals surface area contributed by atoms with Crippen LogP contribution in [0.5, 0.6) is 5.75 Å². The average Bonchev–Trinajstić information content (AvgIpc) is 2.83. The highest BCUT2D eigenvalue weighted by molar-refractivity contribution is 5.99. The Morgan fingerprint density at radius 2 is 1.78 bits per heavy atom. The molecule has 32 heavy (non-hydrogen) atoms. The van der Waals surface area contributed by atoms with Gasteiger partial charge in [0, 0.05) is 30.4 Å². The standard InChI is InChI=1S/C25H25N5O2/c1-2-32-20-12-10-19(11-13-20)29-24-21(7-5-15-27-24)25(31)28-17-16-26-23-14-9-18-6-3-4-8-22(18)30-23/h3-15H,2,16-17H2,1H3,(H,26,30)(H,27,29)(H,28,31). The molecule has 0 saturated heterocycles. The van der Waals surface area contributed by atoms with Gasteiger partial charge in [-0.15, -0.1) is 0 Å². The van der Waals surface area contributed by atoms with Crippen LogP contribution in [0.25, 0.3) is 10.9 Å². The fraction of sp³-hybridized carbons (Fsp3) is 0.160. The van der Waals surface area contributed by atoms with Crippen LogP contribution in [0.3, 0.4) is 0 Å². The molecule has 0 saturated carbocycles. The number of aromatic nitrogens is 2. The van der Waals surface area contributed by atoms with Crippen LogP contribution in [0.2, 0.25) is 0 Å². The number of hydrogen-bond donors (Lipinski definition) is 3. The van der Waals surface area contributed by atoms with Gasteiger partial charge in [-0.2, -0.15) is 0 Å². The number of carbonyl (C=O) groups excluding carboxylic acids is 1. The number of fused-ring (bicyclic) bond motifs is 1. The number of hydrogen-bond acceptors (Lipinski definition) is 6. The van der Waals surface area contributed by atoms with Gasteiger partial charge in [0.1, 0.15) is 17.4 Å². The van der Waals surface area contributed by atoms with E-state index in [4.69, 9.17) is 4.74 Å². The minimum Gasteiger partial charge on any atom is -0.494 e. The third-order valence-electron chi connectivity index (χ3n) is 4.80. The Morgan fingerprint density at radius 3 is 2.62 bits per heavy atom. The van der Waals surface area contributed by atoms with Gasteiger partial charge in [0.15, 0.2) is 0 Å². The number of amides is 1. The molecule has 0 spiro atoms. The van der Waals surface area contributed by atoms with Crippen LogP contribution in [0, 0.1) is 0 Å². The zero-order chi connectivity index (χ0) is 22.2. The average molecular weight is 428 g/mol. The molecule has 0 aliphatic rings. The molecule has 0 radical (unpaired) electrons. The molecule has 1 amide bonds. The second-order valence-electron chi connectivity index (χ2n) is 7.05. The number of carbonyl (C=O) groups is 1. The summed E-state index contributed by atoms with van der Waals surface area (Å²) in [6, 6.07) is 22.9. The van der Waals surface area contributed by atoms with Crippen LogP contribution in [-0.4, -0.2) is 35.6 Å². The summed E-state index contributed by atoms with van der Waals surface area (Å²) in [5.74, 6) is 1.88. The van der Waals surface area contributed by atoms with E-state index >= 15 is 0 Å². The second kappa shape index (κ2) is 10.3. The molecular weight excluding hydrogens is 402 g/mol. The van der Waals surface area contributed by atoms with Gasteiger partial charge in [-0.3, -0.25) is 4.79 Å². The number of anilines is 3. The van der Waals surface area contributed by atoms with Gasteiger partial charge in [-0.25, -0.2) is 9.97 Å². The molecule has 0 bridgehead atoms. The molecule has 0 atom stereocenters. The summed E-state index contributed by atoms with van der Waals surface area (Å²) in [5.41, 5.74) is 2.23. The Bertz CT molecular complexity index is 1190. The number of para-hydroxylation sites is 1. The van der Waals surface area contributed by atoms with Crippen molar-refractivity contribution in [2.75, 3.05) is 30.3 Å². The topological polar surface area (TPSA) is 88.2 Å². The molecule has 3 N–H and O–H groups in total. The van der Waals surface area contributed by atoms with Crippen molar-refractivity contribution in [2.24, 2.45) is 0 Å². The van der Waals surface area contributed by atoms with Crippen molar-refractivity contribution >= 4 is 34.1 Å². The monoisotopic (exact) mass is 427 g/mol. The first kappa shape index (κ1) is 21.1. The highest BCUT2D eigenvalue weighted by Gasteiger charge is 2.12. The molecule has 2 aromatic carbocycles. The van der Waals surface area contributed by atoms with Crippen LogP contribution < -0.4 is 20.7 Å². The molecule has 0 fully saturated rings. The van der Waals surface area contributed by atoms with Crippen LogP contribution in [0.4, 0.5) is 17.3 Å². The molecule has 2 heterocycles. The Hall–Kier alpha value is -4.13. The smallest absolute Gasteiger partial charge is 0.255 e. The number of nitrogens with zero attached hydrogens (tertiary/aromatic N) is 2. The Morgan fingerprint density at radius 1 is 0.938 bits per heavy atom. The normalized spacial score (nSPS) is 10.5. The van der Waals surface area contributed by atoms with E-state index in [9.17, 15) is 4.79 Å². The first-order valence-electron chi connectivity index (χ1n) is 10.6. The minimum atomic E-state index is -0.195. The van der Waals surface area contributed by atoms with Gasteiger partial charge in [0.25, 0.3) is 5.91 Å². The zero-order valence-corrected chi connectivity index (χ0v) is 17.8. The van der Waals surface area contributed by atoms with E-state index in [0.717, 1.165) is 28.2 Å². The molecule has 7 nitrogen and oxygen atoms in total. The van der Waals surface area contributed by atoms with Gasteiger partial charge < -0.3 is 20.7 Å². The molecule has 4 rings (SSSR count). The summed E-state index contributed by atoms with van der Waals surface area (Å²) in [4.78, 5) is 21.6. The maximum absolute atomic E-state index is 12.7.